The number of nitrogens with one attached hydrogen (secondary N) is 1. The Morgan fingerprint density at radius 3 is 2.82 bits per heavy atom. The molecule has 1 aromatic rings. The first-order valence-electron chi connectivity index (χ1n) is 6.33. The first kappa shape index (κ1) is 13.0. The van der Waals surface area contributed by atoms with E-state index in [4.69, 9.17) is 0 Å². The molecule has 1 N–H and O–H groups in total. The third kappa shape index (κ3) is 3.29. The second-order valence-electron chi connectivity index (χ2n) is 5.02. The van der Waals surface area contributed by atoms with Crippen LogP contribution in [0.1, 0.15) is 38.2 Å². The fourth-order valence-corrected chi connectivity index (χ4v) is 3.42. The Kier molecular flexibility index (Phi) is 4.21. The van der Waals surface area contributed by atoms with Gasteiger partial charge >= 0.3 is 0 Å². The SMILES string of the molecule is CCCC1(Cc2cc(F)cc(Br)c2)CCCN1. The van der Waals surface area contributed by atoms with E-state index in [1.807, 2.05) is 6.07 Å². The van der Waals surface area contributed by atoms with Crippen LogP contribution < -0.4 is 5.32 Å². The monoisotopic (exact) mass is 299 g/mol. The van der Waals surface area contributed by atoms with Crippen LogP contribution in [0.2, 0.25) is 0 Å². The zero-order chi connectivity index (χ0) is 12.3. The summed E-state index contributed by atoms with van der Waals surface area (Å²) in [5.41, 5.74) is 1.28. The maximum absolute atomic E-state index is 13.4. The lowest BCUT2D eigenvalue weighted by atomic mass is 9.85. The first-order chi connectivity index (χ1) is 8.13. The van der Waals surface area contributed by atoms with Gasteiger partial charge in [-0.3, -0.25) is 0 Å². The van der Waals surface area contributed by atoms with Crippen molar-refractivity contribution in [2.24, 2.45) is 0 Å². The quantitative estimate of drug-likeness (QED) is 0.884. The largest absolute Gasteiger partial charge is 0.311 e. The van der Waals surface area contributed by atoms with Gasteiger partial charge in [0.25, 0.3) is 0 Å². The molecule has 1 aliphatic heterocycles. The van der Waals surface area contributed by atoms with Crippen LogP contribution in [-0.2, 0) is 6.42 Å². The van der Waals surface area contributed by atoms with Gasteiger partial charge in [-0.2, -0.15) is 0 Å². The molecule has 0 aliphatic carbocycles. The molecule has 1 atom stereocenters. The Labute approximate surface area is 111 Å². The van der Waals surface area contributed by atoms with Crippen LogP contribution in [0.25, 0.3) is 0 Å². The molecule has 1 nitrogen and oxygen atoms in total. The van der Waals surface area contributed by atoms with Crippen molar-refractivity contribution in [1.82, 2.24) is 5.32 Å². The van der Waals surface area contributed by atoms with Gasteiger partial charge in [-0.15, -0.1) is 0 Å². The van der Waals surface area contributed by atoms with Crippen LogP contribution in [0.4, 0.5) is 4.39 Å². The van der Waals surface area contributed by atoms with Gasteiger partial charge in [-0.25, -0.2) is 4.39 Å². The number of halogens is 2. The van der Waals surface area contributed by atoms with E-state index in [0.717, 1.165) is 23.0 Å². The van der Waals surface area contributed by atoms with Gasteiger partial charge in [0.05, 0.1) is 0 Å². The van der Waals surface area contributed by atoms with Gasteiger partial charge in [0, 0.05) is 10.0 Å². The van der Waals surface area contributed by atoms with Crippen LogP contribution >= 0.6 is 15.9 Å². The van der Waals surface area contributed by atoms with Crippen LogP contribution in [0.3, 0.4) is 0 Å². The molecule has 17 heavy (non-hydrogen) atoms. The van der Waals surface area contributed by atoms with E-state index in [1.165, 1.54) is 31.7 Å². The smallest absolute Gasteiger partial charge is 0.124 e. The minimum atomic E-state index is -0.154. The summed E-state index contributed by atoms with van der Waals surface area (Å²) in [5, 5.41) is 3.62. The molecule has 1 unspecified atom stereocenters. The highest BCUT2D eigenvalue weighted by molar-refractivity contribution is 9.10. The summed E-state index contributed by atoms with van der Waals surface area (Å²) in [6.07, 6.45) is 5.70. The predicted octanol–water partition coefficient (Wildman–Crippen LogP) is 4.05. The highest BCUT2D eigenvalue weighted by Crippen LogP contribution is 2.29. The predicted molar refractivity (Wildman–Crippen MR) is 72.7 cm³/mol. The zero-order valence-electron chi connectivity index (χ0n) is 10.2. The van der Waals surface area contributed by atoms with Crippen LogP contribution in [-0.4, -0.2) is 12.1 Å². The summed E-state index contributed by atoms with van der Waals surface area (Å²) >= 11 is 3.36. The molecule has 1 aromatic carbocycles. The van der Waals surface area contributed by atoms with Crippen molar-refractivity contribution in [1.29, 1.82) is 0 Å². The summed E-state index contributed by atoms with van der Waals surface area (Å²) in [6, 6.07) is 5.20. The van der Waals surface area contributed by atoms with E-state index in [1.54, 1.807) is 6.07 Å². The molecule has 0 spiro atoms. The fourth-order valence-electron chi connectivity index (χ4n) is 2.90. The number of benzene rings is 1. The second-order valence-corrected chi connectivity index (χ2v) is 5.93. The topological polar surface area (TPSA) is 12.0 Å². The van der Waals surface area contributed by atoms with Crippen molar-refractivity contribution < 1.29 is 4.39 Å². The maximum atomic E-state index is 13.4. The Morgan fingerprint density at radius 2 is 2.24 bits per heavy atom. The summed E-state index contributed by atoms with van der Waals surface area (Å²) in [5.74, 6) is -0.154. The van der Waals surface area contributed by atoms with Gasteiger partial charge in [-0.05, 0) is 56.0 Å². The number of hydrogen-bond acceptors (Lipinski definition) is 1. The first-order valence-corrected chi connectivity index (χ1v) is 7.13. The molecule has 0 aromatic heterocycles. The van der Waals surface area contributed by atoms with Crippen LogP contribution in [0.5, 0.6) is 0 Å². The standard InChI is InChI=1S/C14H19BrFN/c1-2-4-14(5-3-6-17-14)10-11-7-12(15)9-13(16)8-11/h7-9,17H,2-6,10H2,1H3. The molecule has 0 bridgehead atoms. The van der Waals surface area contributed by atoms with Crippen molar-refractivity contribution in [3.05, 3.63) is 34.1 Å². The lowest BCUT2D eigenvalue weighted by Gasteiger charge is -2.29. The molecular weight excluding hydrogens is 281 g/mol. The molecule has 0 amide bonds. The summed E-state index contributed by atoms with van der Waals surface area (Å²) in [7, 11) is 0. The molecule has 1 heterocycles. The summed E-state index contributed by atoms with van der Waals surface area (Å²) in [4.78, 5) is 0. The molecule has 1 fully saturated rings. The molecule has 1 saturated heterocycles. The molecule has 0 radical (unpaired) electrons. The van der Waals surface area contributed by atoms with E-state index in [-0.39, 0.29) is 11.4 Å². The Hall–Kier alpha value is -0.410. The molecule has 2 rings (SSSR count). The Balaban J connectivity index is 2.17. The molecular formula is C14H19BrFN. The maximum Gasteiger partial charge on any atom is 0.124 e. The van der Waals surface area contributed by atoms with Gasteiger partial charge in [-0.1, -0.05) is 29.3 Å². The number of hydrogen-bond donors (Lipinski definition) is 1. The average molecular weight is 300 g/mol. The fraction of sp³-hybridized carbons (Fsp3) is 0.571. The Bertz CT molecular complexity index is 366. The van der Waals surface area contributed by atoms with Crippen molar-refractivity contribution in [3.63, 3.8) is 0 Å². The molecule has 3 heteroatoms. The van der Waals surface area contributed by atoms with Crippen molar-refractivity contribution >= 4 is 15.9 Å². The van der Waals surface area contributed by atoms with E-state index in [9.17, 15) is 4.39 Å². The van der Waals surface area contributed by atoms with Crippen LogP contribution in [0.15, 0.2) is 22.7 Å². The lowest BCUT2D eigenvalue weighted by molar-refractivity contribution is 0.341. The number of rotatable bonds is 4. The molecule has 94 valence electrons. The van der Waals surface area contributed by atoms with Gasteiger partial charge in [0.2, 0.25) is 0 Å². The average Bonchev–Trinajstić information content (AvgIpc) is 2.65. The van der Waals surface area contributed by atoms with Crippen molar-refractivity contribution in [2.45, 2.75) is 44.6 Å². The van der Waals surface area contributed by atoms with Gasteiger partial charge in [0.1, 0.15) is 5.82 Å². The van der Waals surface area contributed by atoms with Crippen molar-refractivity contribution in [2.75, 3.05) is 6.54 Å². The normalized spacial score (nSPS) is 24.2. The van der Waals surface area contributed by atoms with Crippen LogP contribution in [0, 0.1) is 5.82 Å². The van der Waals surface area contributed by atoms with Crippen molar-refractivity contribution in [3.8, 4) is 0 Å². The highest BCUT2D eigenvalue weighted by Gasteiger charge is 2.32. The third-order valence-corrected chi connectivity index (χ3v) is 3.98. The summed E-state index contributed by atoms with van der Waals surface area (Å²) in [6.45, 7) is 3.31. The van der Waals surface area contributed by atoms with E-state index in [2.05, 4.69) is 28.2 Å². The van der Waals surface area contributed by atoms with Gasteiger partial charge < -0.3 is 5.32 Å². The zero-order valence-corrected chi connectivity index (χ0v) is 11.8. The second kappa shape index (κ2) is 5.49. The van der Waals surface area contributed by atoms with E-state index < -0.39 is 0 Å². The minimum Gasteiger partial charge on any atom is -0.311 e. The lowest BCUT2D eigenvalue weighted by Crippen LogP contribution is -2.41. The van der Waals surface area contributed by atoms with E-state index in [0.29, 0.717) is 0 Å². The molecule has 1 aliphatic rings. The third-order valence-electron chi connectivity index (χ3n) is 3.53. The summed E-state index contributed by atoms with van der Waals surface area (Å²) < 4.78 is 14.2. The van der Waals surface area contributed by atoms with E-state index >= 15 is 0 Å². The highest BCUT2D eigenvalue weighted by atomic mass is 79.9. The minimum absolute atomic E-state index is 0.154. The molecule has 0 saturated carbocycles. The Morgan fingerprint density at radius 1 is 1.41 bits per heavy atom. The van der Waals surface area contributed by atoms with Gasteiger partial charge in [0.15, 0.2) is 0 Å².